The van der Waals surface area contributed by atoms with Crippen LogP contribution in [0.25, 0.3) is 0 Å². The molecular weight excluding hydrogens is 202 g/mol. The Morgan fingerprint density at radius 2 is 2.25 bits per heavy atom. The summed E-state index contributed by atoms with van der Waals surface area (Å²) in [5.74, 6) is 0.802. The van der Waals surface area contributed by atoms with Crippen molar-refractivity contribution in [3.8, 4) is 0 Å². The fourth-order valence-electron chi connectivity index (χ4n) is 2.39. The third-order valence-electron chi connectivity index (χ3n) is 3.31. The molecule has 0 atom stereocenters. The SMILES string of the molecule is CCn1cc[n+](C)c1C(=O)NC1CCCC1. The lowest BCUT2D eigenvalue weighted by atomic mass is 10.2. The normalized spacial score (nSPS) is 16.6. The summed E-state index contributed by atoms with van der Waals surface area (Å²) < 4.78 is 3.86. The van der Waals surface area contributed by atoms with E-state index in [-0.39, 0.29) is 5.91 Å². The summed E-state index contributed by atoms with van der Waals surface area (Å²) in [6.45, 7) is 2.88. The average molecular weight is 222 g/mol. The molecule has 1 amide bonds. The van der Waals surface area contributed by atoms with Crippen molar-refractivity contribution in [1.82, 2.24) is 9.88 Å². The molecule has 4 heteroatoms. The largest absolute Gasteiger partial charge is 0.347 e. The molecule has 88 valence electrons. The van der Waals surface area contributed by atoms with E-state index >= 15 is 0 Å². The zero-order valence-corrected chi connectivity index (χ0v) is 10.1. The molecule has 1 fully saturated rings. The molecule has 1 N–H and O–H groups in total. The Bertz CT molecular complexity index is 378. The highest BCUT2D eigenvalue weighted by atomic mass is 16.2. The molecule has 0 radical (unpaired) electrons. The van der Waals surface area contributed by atoms with Crippen LogP contribution in [0, 0.1) is 0 Å². The summed E-state index contributed by atoms with van der Waals surface area (Å²) in [4.78, 5) is 12.1. The van der Waals surface area contributed by atoms with E-state index < -0.39 is 0 Å². The van der Waals surface area contributed by atoms with E-state index in [1.807, 2.05) is 35.5 Å². The van der Waals surface area contributed by atoms with Gasteiger partial charge in [0.15, 0.2) is 0 Å². The second-order valence-electron chi connectivity index (χ2n) is 4.47. The van der Waals surface area contributed by atoms with E-state index in [1.165, 1.54) is 12.8 Å². The van der Waals surface area contributed by atoms with Crippen molar-refractivity contribution in [2.24, 2.45) is 7.05 Å². The van der Waals surface area contributed by atoms with Gasteiger partial charge in [-0.05, 0) is 19.8 Å². The third-order valence-corrected chi connectivity index (χ3v) is 3.31. The molecule has 0 bridgehead atoms. The Labute approximate surface area is 96.3 Å². The Kier molecular flexibility index (Phi) is 3.27. The minimum absolute atomic E-state index is 0.0567. The summed E-state index contributed by atoms with van der Waals surface area (Å²) >= 11 is 0. The maximum absolute atomic E-state index is 12.1. The molecule has 0 aliphatic heterocycles. The predicted octanol–water partition coefficient (Wildman–Crippen LogP) is 1.00. The van der Waals surface area contributed by atoms with Gasteiger partial charge in [-0.2, -0.15) is 0 Å². The Balaban J connectivity index is 2.10. The first kappa shape index (κ1) is 11.2. The number of nitrogens with one attached hydrogen (secondary N) is 1. The molecule has 1 saturated carbocycles. The van der Waals surface area contributed by atoms with Crippen LogP contribution in [0.3, 0.4) is 0 Å². The second kappa shape index (κ2) is 4.68. The van der Waals surface area contributed by atoms with Gasteiger partial charge in [-0.3, -0.25) is 4.79 Å². The number of hydrogen-bond donors (Lipinski definition) is 1. The van der Waals surface area contributed by atoms with Crippen LogP contribution in [0.5, 0.6) is 0 Å². The lowest BCUT2D eigenvalue weighted by Gasteiger charge is -2.10. The molecule has 0 unspecified atom stereocenters. The Morgan fingerprint density at radius 3 is 2.88 bits per heavy atom. The summed E-state index contributed by atoms with van der Waals surface area (Å²) in [6.07, 6.45) is 8.61. The summed E-state index contributed by atoms with van der Waals surface area (Å²) in [7, 11) is 1.91. The number of carbonyl (C=O) groups is 1. The highest BCUT2D eigenvalue weighted by molar-refractivity contribution is 5.89. The maximum Gasteiger partial charge on any atom is 0.347 e. The van der Waals surface area contributed by atoms with E-state index in [1.54, 1.807) is 0 Å². The molecule has 1 aromatic rings. The monoisotopic (exact) mass is 222 g/mol. The van der Waals surface area contributed by atoms with E-state index in [9.17, 15) is 4.79 Å². The minimum Gasteiger partial charge on any atom is -0.343 e. The van der Waals surface area contributed by atoms with Crippen LogP contribution in [0.2, 0.25) is 0 Å². The van der Waals surface area contributed by atoms with Crippen LogP contribution in [-0.2, 0) is 13.6 Å². The van der Waals surface area contributed by atoms with Gasteiger partial charge in [0.2, 0.25) is 0 Å². The number of imidazole rings is 1. The summed E-state index contributed by atoms with van der Waals surface area (Å²) in [5, 5.41) is 3.12. The lowest BCUT2D eigenvalue weighted by Crippen LogP contribution is -2.43. The van der Waals surface area contributed by atoms with Gasteiger partial charge in [0.1, 0.15) is 12.4 Å². The number of nitrogens with zero attached hydrogens (tertiary/aromatic N) is 2. The molecule has 1 aliphatic carbocycles. The summed E-state index contributed by atoms with van der Waals surface area (Å²) in [6, 6.07) is 0.382. The third kappa shape index (κ3) is 2.10. The van der Waals surface area contributed by atoms with Crippen LogP contribution in [-0.4, -0.2) is 16.5 Å². The number of hydrogen-bond acceptors (Lipinski definition) is 1. The quantitative estimate of drug-likeness (QED) is 0.761. The van der Waals surface area contributed by atoms with E-state index in [0.717, 1.165) is 25.2 Å². The standard InChI is InChI=1S/C12H19N3O/c1-3-15-9-8-14(2)12(15)11(16)13-10-6-4-5-7-10/h8-10H,3-7H2,1-2H3/p+1. The topological polar surface area (TPSA) is 37.9 Å². The van der Waals surface area contributed by atoms with E-state index in [4.69, 9.17) is 0 Å². The number of aryl methyl sites for hydroxylation is 2. The molecular formula is C12H20N3O+. The Morgan fingerprint density at radius 1 is 1.56 bits per heavy atom. The molecule has 2 rings (SSSR count). The van der Waals surface area contributed by atoms with Crippen LogP contribution in [0.15, 0.2) is 12.4 Å². The van der Waals surface area contributed by atoms with Crippen LogP contribution >= 0.6 is 0 Å². The van der Waals surface area contributed by atoms with E-state index in [0.29, 0.717) is 6.04 Å². The van der Waals surface area contributed by atoms with Gasteiger partial charge in [-0.1, -0.05) is 12.8 Å². The van der Waals surface area contributed by atoms with Crippen LogP contribution < -0.4 is 9.88 Å². The molecule has 1 heterocycles. The zero-order chi connectivity index (χ0) is 11.5. The first-order valence-electron chi connectivity index (χ1n) is 6.08. The molecule has 0 saturated heterocycles. The fraction of sp³-hybridized carbons (Fsp3) is 0.667. The smallest absolute Gasteiger partial charge is 0.343 e. The first-order chi connectivity index (χ1) is 7.72. The van der Waals surface area contributed by atoms with Gasteiger partial charge < -0.3 is 5.32 Å². The predicted molar refractivity (Wildman–Crippen MR) is 61.0 cm³/mol. The number of aromatic nitrogens is 2. The molecule has 0 aromatic carbocycles. The molecule has 0 spiro atoms. The molecule has 1 aromatic heterocycles. The highest BCUT2D eigenvalue weighted by Crippen LogP contribution is 2.17. The maximum atomic E-state index is 12.1. The zero-order valence-electron chi connectivity index (χ0n) is 10.1. The van der Waals surface area contributed by atoms with Crippen LogP contribution in [0.1, 0.15) is 43.2 Å². The molecule has 4 nitrogen and oxygen atoms in total. The number of carbonyl (C=O) groups excluding carboxylic acids is 1. The average Bonchev–Trinajstić information content (AvgIpc) is 2.87. The van der Waals surface area contributed by atoms with Gasteiger partial charge in [0, 0.05) is 6.04 Å². The number of amides is 1. The van der Waals surface area contributed by atoms with Crippen molar-refractivity contribution in [3.63, 3.8) is 0 Å². The fourth-order valence-corrected chi connectivity index (χ4v) is 2.39. The van der Waals surface area contributed by atoms with Gasteiger partial charge in [0.05, 0.1) is 13.6 Å². The van der Waals surface area contributed by atoms with Crippen molar-refractivity contribution in [2.45, 2.75) is 45.2 Å². The first-order valence-corrected chi connectivity index (χ1v) is 6.08. The highest BCUT2D eigenvalue weighted by Gasteiger charge is 2.26. The van der Waals surface area contributed by atoms with Crippen molar-refractivity contribution in [2.75, 3.05) is 0 Å². The van der Waals surface area contributed by atoms with Gasteiger partial charge >= 0.3 is 11.7 Å². The minimum atomic E-state index is 0.0567. The van der Waals surface area contributed by atoms with Crippen molar-refractivity contribution >= 4 is 5.91 Å². The molecule has 16 heavy (non-hydrogen) atoms. The van der Waals surface area contributed by atoms with Crippen molar-refractivity contribution in [1.29, 1.82) is 0 Å². The van der Waals surface area contributed by atoms with Crippen molar-refractivity contribution < 1.29 is 9.36 Å². The van der Waals surface area contributed by atoms with Crippen LogP contribution in [0.4, 0.5) is 0 Å². The van der Waals surface area contributed by atoms with Gasteiger partial charge in [-0.25, -0.2) is 9.13 Å². The summed E-state index contributed by atoms with van der Waals surface area (Å²) in [5.41, 5.74) is 0. The van der Waals surface area contributed by atoms with E-state index in [2.05, 4.69) is 5.32 Å². The van der Waals surface area contributed by atoms with Gasteiger partial charge in [0.25, 0.3) is 0 Å². The van der Waals surface area contributed by atoms with Crippen molar-refractivity contribution in [3.05, 3.63) is 18.2 Å². The Hall–Kier alpha value is -1.32. The molecule has 1 aliphatic rings. The number of rotatable bonds is 3. The van der Waals surface area contributed by atoms with Gasteiger partial charge in [-0.15, -0.1) is 0 Å². The lowest BCUT2D eigenvalue weighted by molar-refractivity contribution is -0.673. The second-order valence-corrected chi connectivity index (χ2v) is 4.47.